The second-order valence-electron chi connectivity index (χ2n) is 5.92. The fraction of sp³-hybridized carbons (Fsp3) is 0.333. The van der Waals surface area contributed by atoms with Crippen LogP contribution in [0.4, 0.5) is 0 Å². The van der Waals surface area contributed by atoms with E-state index in [-0.39, 0.29) is 35.2 Å². The Morgan fingerprint density at radius 2 is 1.93 bits per heavy atom. The van der Waals surface area contributed by atoms with Crippen LogP contribution >= 0.6 is 0 Å². The molecule has 27 heavy (non-hydrogen) atoms. The van der Waals surface area contributed by atoms with Crippen LogP contribution in [-0.4, -0.2) is 57.0 Å². The summed E-state index contributed by atoms with van der Waals surface area (Å²) in [5.74, 6) is -0.167. The lowest BCUT2D eigenvalue weighted by atomic mass is 10.2. The molecule has 0 saturated carbocycles. The van der Waals surface area contributed by atoms with Crippen LogP contribution < -0.4 is 10.1 Å². The number of amides is 1. The second kappa shape index (κ2) is 8.47. The molecule has 1 aliphatic rings. The third kappa shape index (κ3) is 4.44. The van der Waals surface area contributed by atoms with Crippen LogP contribution in [0.2, 0.25) is 0 Å². The number of methoxy groups -OCH3 is 1. The Bertz CT molecular complexity index is 896. The van der Waals surface area contributed by atoms with E-state index in [4.69, 9.17) is 9.47 Å². The highest BCUT2D eigenvalue weighted by Gasteiger charge is 2.30. The molecule has 2 aromatic rings. The van der Waals surface area contributed by atoms with E-state index in [1.807, 2.05) is 0 Å². The van der Waals surface area contributed by atoms with E-state index in [2.05, 4.69) is 10.3 Å². The van der Waals surface area contributed by atoms with Crippen molar-refractivity contribution in [1.29, 1.82) is 0 Å². The summed E-state index contributed by atoms with van der Waals surface area (Å²) in [6, 6.07) is 7.98. The summed E-state index contributed by atoms with van der Waals surface area (Å²) >= 11 is 0. The number of hydrogen-bond donors (Lipinski definition) is 1. The van der Waals surface area contributed by atoms with E-state index in [1.165, 1.54) is 23.5 Å². The minimum Gasteiger partial charge on any atom is -0.495 e. The van der Waals surface area contributed by atoms with E-state index < -0.39 is 10.0 Å². The van der Waals surface area contributed by atoms with Gasteiger partial charge in [-0.3, -0.25) is 9.78 Å². The average molecular weight is 391 g/mol. The highest BCUT2D eigenvalue weighted by Crippen LogP contribution is 2.28. The summed E-state index contributed by atoms with van der Waals surface area (Å²) in [5.41, 5.74) is 1.14. The lowest BCUT2D eigenvalue weighted by Crippen LogP contribution is -2.40. The molecular weight excluding hydrogens is 370 g/mol. The molecule has 1 aromatic heterocycles. The van der Waals surface area contributed by atoms with E-state index in [9.17, 15) is 13.2 Å². The number of sulfonamides is 1. The molecule has 1 aliphatic heterocycles. The number of morpholine rings is 1. The summed E-state index contributed by atoms with van der Waals surface area (Å²) in [7, 11) is -2.39. The quantitative estimate of drug-likeness (QED) is 0.790. The predicted octanol–water partition coefficient (Wildman–Crippen LogP) is 1.04. The van der Waals surface area contributed by atoms with Crippen LogP contribution in [0.3, 0.4) is 0 Å². The molecule has 0 aliphatic carbocycles. The number of hydrogen-bond acceptors (Lipinski definition) is 6. The van der Waals surface area contributed by atoms with Gasteiger partial charge in [-0.2, -0.15) is 4.31 Å². The topological polar surface area (TPSA) is 97.8 Å². The minimum absolute atomic E-state index is 0.0246. The Labute approximate surface area is 158 Å². The molecule has 0 spiro atoms. The van der Waals surface area contributed by atoms with Gasteiger partial charge in [0.25, 0.3) is 5.91 Å². The van der Waals surface area contributed by atoms with Crippen LogP contribution in [0, 0.1) is 0 Å². The summed E-state index contributed by atoms with van der Waals surface area (Å²) in [4.78, 5) is 16.4. The van der Waals surface area contributed by atoms with Crippen LogP contribution in [0.5, 0.6) is 5.75 Å². The zero-order chi connectivity index (χ0) is 19.3. The van der Waals surface area contributed by atoms with Crippen LogP contribution in [-0.2, 0) is 21.3 Å². The zero-order valence-electron chi connectivity index (χ0n) is 14.9. The van der Waals surface area contributed by atoms with Crippen LogP contribution in [0.25, 0.3) is 0 Å². The molecule has 0 radical (unpaired) electrons. The maximum Gasteiger partial charge on any atom is 0.251 e. The van der Waals surface area contributed by atoms with E-state index in [1.54, 1.807) is 30.6 Å². The first-order valence-electron chi connectivity index (χ1n) is 8.45. The highest BCUT2D eigenvalue weighted by atomic mass is 32.2. The lowest BCUT2D eigenvalue weighted by Gasteiger charge is -2.26. The molecule has 8 nitrogen and oxygen atoms in total. The van der Waals surface area contributed by atoms with Gasteiger partial charge in [-0.25, -0.2) is 8.42 Å². The maximum absolute atomic E-state index is 13.0. The smallest absolute Gasteiger partial charge is 0.251 e. The van der Waals surface area contributed by atoms with Gasteiger partial charge in [0.2, 0.25) is 10.0 Å². The fourth-order valence-corrected chi connectivity index (χ4v) is 4.32. The standard InChI is InChI=1S/C18H21N3O5S/c1-25-16-3-2-15(18(22)20-13-14-4-6-19-7-5-14)12-17(16)27(23,24)21-8-10-26-11-9-21/h2-7,12H,8-11,13H2,1H3,(H,20,22). The molecule has 9 heteroatoms. The number of pyridine rings is 1. The fourth-order valence-electron chi connectivity index (χ4n) is 2.73. The van der Waals surface area contributed by atoms with E-state index in [0.29, 0.717) is 19.8 Å². The van der Waals surface area contributed by atoms with Gasteiger partial charge in [0, 0.05) is 37.6 Å². The summed E-state index contributed by atoms with van der Waals surface area (Å²) in [6.45, 7) is 1.54. The van der Waals surface area contributed by atoms with Crippen molar-refractivity contribution in [2.45, 2.75) is 11.4 Å². The largest absolute Gasteiger partial charge is 0.495 e. The number of rotatable bonds is 6. The number of nitrogens with zero attached hydrogens (tertiary/aromatic N) is 2. The molecule has 0 bridgehead atoms. The van der Waals surface area contributed by atoms with Crippen molar-refractivity contribution in [3.63, 3.8) is 0 Å². The van der Waals surface area contributed by atoms with Crippen molar-refractivity contribution in [2.75, 3.05) is 33.4 Å². The Balaban J connectivity index is 1.83. The molecule has 1 amide bonds. The first kappa shape index (κ1) is 19.3. The number of benzene rings is 1. The van der Waals surface area contributed by atoms with Gasteiger partial charge < -0.3 is 14.8 Å². The van der Waals surface area contributed by atoms with Gasteiger partial charge in [-0.05, 0) is 35.9 Å². The van der Waals surface area contributed by atoms with Crippen molar-refractivity contribution < 1.29 is 22.7 Å². The molecule has 0 unspecified atom stereocenters. The summed E-state index contributed by atoms with van der Waals surface area (Å²) in [5, 5.41) is 2.77. The minimum atomic E-state index is -3.79. The van der Waals surface area contributed by atoms with Gasteiger partial charge in [0.1, 0.15) is 10.6 Å². The van der Waals surface area contributed by atoms with Crippen LogP contribution in [0.15, 0.2) is 47.6 Å². The first-order valence-corrected chi connectivity index (χ1v) is 9.89. The van der Waals surface area contributed by atoms with E-state index >= 15 is 0 Å². The monoisotopic (exact) mass is 391 g/mol. The molecule has 1 N–H and O–H groups in total. The first-order chi connectivity index (χ1) is 13.0. The molecular formula is C18H21N3O5S. The number of ether oxygens (including phenoxy) is 2. The normalized spacial score (nSPS) is 15.3. The molecule has 1 saturated heterocycles. The third-order valence-corrected chi connectivity index (χ3v) is 6.14. The van der Waals surface area contributed by atoms with Gasteiger partial charge in [0.05, 0.1) is 20.3 Å². The number of aromatic nitrogens is 1. The van der Waals surface area contributed by atoms with Crippen molar-refractivity contribution in [3.8, 4) is 5.75 Å². The number of nitrogens with one attached hydrogen (secondary N) is 1. The predicted molar refractivity (Wildman–Crippen MR) is 98.0 cm³/mol. The van der Waals surface area contributed by atoms with Crippen molar-refractivity contribution in [3.05, 3.63) is 53.9 Å². The number of carbonyl (C=O) groups excluding carboxylic acids is 1. The van der Waals surface area contributed by atoms with Crippen molar-refractivity contribution in [2.24, 2.45) is 0 Å². The Hall–Kier alpha value is -2.49. The zero-order valence-corrected chi connectivity index (χ0v) is 15.7. The van der Waals surface area contributed by atoms with Crippen molar-refractivity contribution in [1.82, 2.24) is 14.6 Å². The molecule has 3 rings (SSSR count). The number of carbonyl (C=O) groups is 1. The Morgan fingerprint density at radius 3 is 2.59 bits per heavy atom. The Morgan fingerprint density at radius 1 is 1.22 bits per heavy atom. The summed E-state index contributed by atoms with van der Waals surface area (Å²) in [6.07, 6.45) is 3.28. The van der Waals surface area contributed by atoms with Crippen LogP contribution in [0.1, 0.15) is 15.9 Å². The lowest BCUT2D eigenvalue weighted by molar-refractivity contribution is 0.0729. The second-order valence-corrected chi connectivity index (χ2v) is 7.83. The Kier molecular flexibility index (Phi) is 6.04. The van der Waals surface area contributed by atoms with Crippen molar-refractivity contribution >= 4 is 15.9 Å². The molecule has 1 aromatic carbocycles. The van der Waals surface area contributed by atoms with Gasteiger partial charge in [-0.1, -0.05) is 0 Å². The van der Waals surface area contributed by atoms with Gasteiger partial charge in [-0.15, -0.1) is 0 Å². The average Bonchev–Trinajstić information content (AvgIpc) is 2.73. The summed E-state index contributed by atoms with van der Waals surface area (Å²) < 4.78 is 37.7. The SMILES string of the molecule is COc1ccc(C(=O)NCc2ccncc2)cc1S(=O)(=O)N1CCOCC1. The maximum atomic E-state index is 13.0. The van der Waals surface area contributed by atoms with Gasteiger partial charge >= 0.3 is 0 Å². The molecule has 144 valence electrons. The molecule has 0 atom stereocenters. The molecule has 1 fully saturated rings. The molecule has 2 heterocycles. The van der Waals surface area contributed by atoms with Gasteiger partial charge in [0.15, 0.2) is 0 Å². The van der Waals surface area contributed by atoms with E-state index in [0.717, 1.165) is 5.56 Å². The highest BCUT2D eigenvalue weighted by molar-refractivity contribution is 7.89. The third-order valence-electron chi connectivity index (χ3n) is 4.22.